The number of carbonyl (C=O) groups is 1. The zero-order valence-corrected chi connectivity index (χ0v) is 11.4. The molecule has 1 aliphatic rings. The monoisotopic (exact) mass is 322 g/mol. The third-order valence-corrected chi connectivity index (χ3v) is 3.68. The average Bonchev–Trinajstić information content (AvgIpc) is 2.47. The normalized spacial score (nSPS) is 20.0. The van der Waals surface area contributed by atoms with Gasteiger partial charge in [-0.2, -0.15) is 8.42 Å². The molecule has 112 valence electrons. The second-order valence-electron chi connectivity index (χ2n) is 4.00. The first kappa shape index (κ1) is 15.4. The fourth-order valence-corrected chi connectivity index (χ4v) is 2.62. The van der Waals surface area contributed by atoms with E-state index in [1.165, 1.54) is 24.3 Å². The summed E-state index contributed by atoms with van der Waals surface area (Å²) in [6, 6.07) is 5.71. The molecule has 0 saturated carbocycles. The highest BCUT2D eigenvalue weighted by Gasteiger charge is 2.50. The molecule has 0 spiro atoms. The van der Waals surface area contributed by atoms with E-state index in [1.807, 2.05) is 0 Å². The standard InChI is InChI=1S/C10H6N6O5S/c11-14-13-10(21-16-15-12)7-4-2-1-3-6(7)5-8(9(10)17)22(18,19)20/h1-5H,(H,18,19,20). The van der Waals surface area contributed by atoms with Gasteiger partial charge in [0.15, 0.2) is 0 Å². The quantitative estimate of drug-likeness (QED) is 0.293. The molecule has 0 aromatic heterocycles. The lowest BCUT2D eigenvalue weighted by molar-refractivity contribution is -0.141. The van der Waals surface area contributed by atoms with Crippen LogP contribution in [0.4, 0.5) is 0 Å². The van der Waals surface area contributed by atoms with Crippen molar-refractivity contribution in [2.45, 2.75) is 5.72 Å². The van der Waals surface area contributed by atoms with Crippen molar-refractivity contribution in [2.24, 2.45) is 10.4 Å². The van der Waals surface area contributed by atoms with Crippen LogP contribution in [0.1, 0.15) is 11.1 Å². The van der Waals surface area contributed by atoms with Crippen molar-refractivity contribution < 1.29 is 22.6 Å². The molecule has 0 bridgehead atoms. The van der Waals surface area contributed by atoms with E-state index in [2.05, 4.69) is 25.1 Å². The first-order valence-electron chi connectivity index (χ1n) is 5.49. The van der Waals surface area contributed by atoms with Gasteiger partial charge in [0.25, 0.3) is 15.8 Å². The number of hydrogen-bond donors (Lipinski definition) is 1. The van der Waals surface area contributed by atoms with Crippen molar-refractivity contribution in [3.63, 3.8) is 0 Å². The van der Waals surface area contributed by atoms with Crippen molar-refractivity contribution >= 4 is 22.0 Å². The number of rotatable bonds is 4. The molecular formula is C10H6N6O5S. The van der Waals surface area contributed by atoms with Crippen LogP contribution in [0.2, 0.25) is 0 Å². The van der Waals surface area contributed by atoms with Gasteiger partial charge in [0.1, 0.15) is 10.2 Å². The van der Waals surface area contributed by atoms with Crippen LogP contribution in [0.5, 0.6) is 0 Å². The zero-order valence-electron chi connectivity index (χ0n) is 10.6. The van der Waals surface area contributed by atoms with Gasteiger partial charge in [0.05, 0.1) is 0 Å². The predicted octanol–water partition coefficient (Wildman–Crippen LogP) is 2.20. The van der Waals surface area contributed by atoms with Crippen molar-refractivity contribution in [3.05, 3.63) is 61.2 Å². The average molecular weight is 322 g/mol. The number of hydrogen-bond acceptors (Lipinski definition) is 6. The molecule has 1 unspecified atom stereocenters. The van der Waals surface area contributed by atoms with E-state index in [0.29, 0.717) is 0 Å². The number of carbonyl (C=O) groups excluding carboxylic acids is 1. The maximum absolute atomic E-state index is 12.4. The Labute approximate surface area is 122 Å². The molecule has 22 heavy (non-hydrogen) atoms. The first-order chi connectivity index (χ1) is 10.4. The molecule has 0 fully saturated rings. The Hall–Kier alpha value is -3.04. The molecule has 0 amide bonds. The van der Waals surface area contributed by atoms with Gasteiger partial charge in [-0.05, 0) is 27.8 Å². The van der Waals surface area contributed by atoms with Gasteiger partial charge in [-0.25, -0.2) is 0 Å². The van der Waals surface area contributed by atoms with E-state index >= 15 is 0 Å². The van der Waals surface area contributed by atoms with Crippen LogP contribution in [0.3, 0.4) is 0 Å². The Morgan fingerprint density at radius 3 is 2.50 bits per heavy atom. The molecule has 2 rings (SSSR count). The Bertz CT molecular complexity index is 881. The molecular weight excluding hydrogens is 316 g/mol. The second-order valence-corrected chi connectivity index (χ2v) is 5.39. The summed E-state index contributed by atoms with van der Waals surface area (Å²) in [4.78, 5) is 20.7. The molecule has 1 aliphatic carbocycles. The van der Waals surface area contributed by atoms with Gasteiger partial charge in [-0.1, -0.05) is 24.3 Å². The minimum absolute atomic E-state index is 0.0300. The highest BCUT2D eigenvalue weighted by atomic mass is 32.2. The molecule has 1 aromatic rings. The van der Waals surface area contributed by atoms with Crippen molar-refractivity contribution in [3.8, 4) is 0 Å². The van der Waals surface area contributed by atoms with Crippen LogP contribution in [0.25, 0.3) is 27.0 Å². The van der Waals surface area contributed by atoms with Crippen LogP contribution >= 0.6 is 0 Å². The summed E-state index contributed by atoms with van der Waals surface area (Å²) in [6.45, 7) is 0. The molecule has 1 atom stereocenters. The van der Waals surface area contributed by atoms with Crippen LogP contribution in [-0.4, -0.2) is 18.8 Å². The molecule has 1 N–H and O–H groups in total. The van der Waals surface area contributed by atoms with E-state index in [4.69, 9.17) is 15.6 Å². The van der Waals surface area contributed by atoms with E-state index in [0.717, 1.165) is 6.08 Å². The van der Waals surface area contributed by atoms with E-state index < -0.39 is 26.5 Å². The Morgan fingerprint density at radius 1 is 1.23 bits per heavy atom. The van der Waals surface area contributed by atoms with Gasteiger partial charge < -0.3 is 4.84 Å². The molecule has 0 radical (unpaired) electrons. The van der Waals surface area contributed by atoms with Crippen LogP contribution < -0.4 is 0 Å². The molecule has 1 aromatic carbocycles. The lowest BCUT2D eigenvalue weighted by atomic mass is 9.89. The summed E-state index contributed by atoms with van der Waals surface area (Å²) in [5, 5.41) is 5.91. The van der Waals surface area contributed by atoms with Crippen LogP contribution in [-0.2, 0) is 25.5 Å². The highest BCUT2D eigenvalue weighted by Crippen LogP contribution is 2.40. The Balaban J connectivity index is 2.88. The van der Waals surface area contributed by atoms with E-state index in [-0.39, 0.29) is 11.1 Å². The number of Topliss-reactive ketones (excluding diaryl/α,β-unsaturated/α-hetero) is 1. The van der Waals surface area contributed by atoms with Crippen molar-refractivity contribution in [1.29, 1.82) is 0 Å². The molecule has 0 saturated heterocycles. The van der Waals surface area contributed by atoms with Gasteiger partial charge >= 0.3 is 0 Å². The second kappa shape index (κ2) is 5.39. The van der Waals surface area contributed by atoms with Gasteiger partial charge in [-0.15, -0.1) is 0 Å². The summed E-state index contributed by atoms with van der Waals surface area (Å²) in [5.74, 6) is -1.38. The summed E-state index contributed by atoms with van der Waals surface area (Å²) in [6.07, 6.45) is 0.900. The third-order valence-electron chi connectivity index (χ3n) is 2.82. The minimum Gasteiger partial charge on any atom is -0.407 e. The lowest BCUT2D eigenvalue weighted by Gasteiger charge is -2.30. The first-order valence-corrected chi connectivity index (χ1v) is 6.93. The largest absolute Gasteiger partial charge is 0.407 e. The van der Waals surface area contributed by atoms with E-state index in [9.17, 15) is 13.2 Å². The number of benzene rings is 1. The summed E-state index contributed by atoms with van der Waals surface area (Å²) in [7, 11) is -4.92. The maximum Gasteiger partial charge on any atom is 0.298 e. The molecule has 11 nitrogen and oxygen atoms in total. The number of fused-ring (bicyclic) bond motifs is 1. The lowest BCUT2D eigenvalue weighted by Crippen LogP contribution is -2.40. The third kappa shape index (κ3) is 2.34. The fourth-order valence-electron chi connectivity index (χ4n) is 1.97. The smallest absolute Gasteiger partial charge is 0.298 e. The highest BCUT2D eigenvalue weighted by molar-refractivity contribution is 7.91. The van der Waals surface area contributed by atoms with Gasteiger partial charge in [-0.3, -0.25) is 9.35 Å². The predicted molar refractivity (Wildman–Crippen MR) is 72.0 cm³/mol. The fraction of sp³-hybridized carbons (Fsp3) is 0.100. The topological polar surface area (TPSA) is 178 Å². The summed E-state index contributed by atoms with van der Waals surface area (Å²) < 4.78 is 31.8. The Morgan fingerprint density at radius 2 is 1.91 bits per heavy atom. The number of ketones is 1. The van der Waals surface area contributed by atoms with Crippen molar-refractivity contribution in [2.75, 3.05) is 0 Å². The SMILES string of the molecule is [N-]=[N+]=NOC1(N=[N+]=[N-])C(=O)C(S(=O)(=O)O)=Cc2ccccc21. The molecule has 0 heterocycles. The van der Waals surface area contributed by atoms with Crippen LogP contribution in [0, 0.1) is 0 Å². The molecule has 12 heteroatoms. The zero-order chi connectivity index (χ0) is 16.4. The maximum atomic E-state index is 12.4. The van der Waals surface area contributed by atoms with Gasteiger partial charge in [0, 0.05) is 15.4 Å². The van der Waals surface area contributed by atoms with Gasteiger partial charge in [0.2, 0.25) is 5.78 Å². The Kier molecular flexibility index (Phi) is 3.76. The number of azide groups is 2. The van der Waals surface area contributed by atoms with E-state index in [1.54, 1.807) is 0 Å². The summed E-state index contributed by atoms with van der Waals surface area (Å²) >= 11 is 0. The molecule has 0 aliphatic heterocycles. The van der Waals surface area contributed by atoms with Crippen LogP contribution in [0.15, 0.2) is 39.6 Å². The van der Waals surface area contributed by atoms with Crippen molar-refractivity contribution in [1.82, 2.24) is 0 Å². The summed E-state index contributed by atoms with van der Waals surface area (Å²) in [5.41, 5.74) is 14.6. The minimum atomic E-state index is -4.92. The number of nitrogens with zero attached hydrogens (tertiary/aromatic N) is 6.